The van der Waals surface area contributed by atoms with E-state index in [9.17, 15) is 13.2 Å². The molecule has 4 rings (SSSR count). The molecule has 0 radical (unpaired) electrons. The van der Waals surface area contributed by atoms with Gasteiger partial charge in [0.25, 0.3) is 5.91 Å². The van der Waals surface area contributed by atoms with E-state index in [1.807, 2.05) is 24.3 Å². The molecule has 146 valence electrons. The number of hydrogen-bond donors (Lipinski definition) is 1. The smallest absolute Gasteiger partial charge is 0.277 e. The predicted molar refractivity (Wildman–Crippen MR) is 109 cm³/mol. The van der Waals surface area contributed by atoms with Gasteiger partial charge in [0, 0.05) is 23.2 Å². The zero-order chi connectivity index (χ0) is 20.4. The Hall–Kier alpha value is -3.52. The van der Waals surface area contributed by atoms with Crippen LogP contribution in [0.15, 0.2) is 76.3 Å². The summed E-state index contributed by atoms with van der Waals surface area (Å²) in [7, 11) is -3.27. The van der Waals surface area contributed by atoms with Crippen molar-refractivity contribution in [2.45, 2.75) is 11.8 Å². The maximum atomic E-state index is 12.6. The van der Waals surface area contributed by atoms with E-state index in [1.165, 1.54) is 18.2 Å². The van der Waals surface area contributed by atoms with Gasteiger partial charge in [0.15, 0.2) is 21.3 Å². The third-order valence-corrected chi connectivity index (χ3v) is 6.25. The average molecular weight is 407 g/mol. The Morgan fingerprint density at radius 1 is 1.07 bits per heavy atom. The quantitative estimate of drug-likeness (QED) is 0.538. The van der Waals surface area contributed by atoms with Crippen LogP contribution in [0.2, 0.25) is 0 Å². The second-order valence-corrected chi connectivity index (χ2v) is 8.62. The van der Waals surface area contributed by atoms with Crippen molar-refractivity contribution in [2.75, 3.05) is 11.1 Å². The van der Waals surface area contributed by atoms with Crippen molar-refractivity contribution in [3.63, 3.8) is 0 Å². The molecular formula is C21H17N3O4S. The van der Waals surface area contributed by atoms with Crippen molar-refractivity contribution in [3.05, 3.63) is 72.6 Å². The number of rotatable bonds is 5. The zero-order valence-electron chi connectivity index (χ0n) is 15.5. The maximum Gasteiger partial charge on any atom is 0.277 e. The first-order chi connectivity index (χ1) is 14.0. The summed E-state index contributed by atoms with van der Waals surface area (Å²) in [5.74, 6) is -0.0304. The minimum Gasteiger partial charge on any atom is -0.355 e. The van der Waals surface area contributed by atoms with Crippen LogP contribution in [0.3, 0.4) is 0 Å². The van der Waals surface area contributed by atoms with Gasteiger partial charge < -0.3 is 9.84 Å². The molecule has 7 nitrogen and oxygen atoms in total. The van der Waals surface area contributed by atoms with Crippen molar-refractivity contribution in [3.8, 4) is 11.3 Å². The highest BCUT2D eigenvalue weighted by Crippen LogP contribution is 2.24. The molecule has 1 amide bonds. The summed E-state index contributed by atoms with van der Waals surface area (Å²) >= 11 is 0. The summed E-state index contributed by atoms with van der Waals surface area (Å²) in [6, 6.07) is 17.0. The molecule has 0 fully saturated rings. The second-order valence-electron chi connectivity index (χ2n) is 6.34. The Bertz CT molecular complexity index is 1290. The van der Waals surface area contributed by atoms with Crippen LogP contribution in [0.4, 0.5) is 5.69 Å². The molecule has 2 aromatic carbocycles. The molecule has 0 saturated heterocycles. The number of carbonyl (C=O) groups is 1. The third kappa shape index (κ3) is 3.74. The van der Waals surface area contributed by atoms with Crippen molar-refractivity contribution < 1.29 is 17.7 Å². The number of amides is 1. The number of sulfone groups is 1. The Morgan fingerprint density at radius 2 is 1.83 bits per heavy atom. The largest absolute Gasteiger partial charge is 0.355 e. The van der Waals surface area contributed by atoms with Crippen LogP contribution in [-0.4, -0.2) is 30.2 Å². The summed E-state index contributed by atoms with van der Waals surface area (Å²) < 4.78 is 29.1. The Labute approximate surface area is 167 Å². The molecule has 2 heterocycles. The van der Waals surface area contributed by atoms with Gasteiger partial charge in [-0.3, -0.25) is 9.78 Å². The van der Waals surface area contributed by atoms with Gasteiger partial charge in [-0.2, -0.15) is 0 Å². The van der Waals surface area contributed by atoms with Gasteiger partial charge in [0.1, 0.15) is 0 Å². The molecule has 2 aromatic heterocycles. The van der Waals surface area contributed by atoms with Crippen LogP contribution in [0, 0.1) is 0 Å². The molecule has 0 atom stereocenters. The molecule has 0 spiro atoms. The number of para-hydroxylation sites is 1. The number of anilines is 1. The standard InChI is InChI=1S/C21H17N3O4S/c1-2-29(26,27)16-10-8-14(9-11-16)19-13-18(24-28-19)21(25)23-17-7-3-5-15-6-4-12-22-20(15)17/h3-13H,2H2,1H3,(H,23,25). The fourth-order valence-electron chi connectivity index (χ4n) is 2.90. The normalized spacial score (nSPS) is 11.5. The molecule has 0 aliphatic heterocycles. The molecular weight excluding hydrogens is 390 g/mol. The lowest BCUT2D eigenvalue weighted by Gasteiger charge is -2.06. The van der Waals surface area contributed by atoms with Crippen LogP contribution in [0.1, 0.15) is 17.4 Å². The summed E-state index contributed by atoms with van der Waals surface area (Å²) in [5.41, 5.74) is 1.99. The lowest BCUT2D eigenvalue weighted by molar-refractivity contribution is 0.101. The van der Waals surface area contributed by atoms with E-state index in [0.29, 0.717) is 22.5 Å². The Kier molecular flexibility index (Phi) is 4.85. The molecule has 0 aliphatic carbocycles. The SMILES string of the molecule is CCS(=O)(=O)c1ccc(-c2cc(C(=O)Nc3cccc4cccnc34)no2)cc1. The molecule has 0 bridgehead atoms. The number of nitrogens with zero attached hydrogens (tertiary/aromatic N) is 2. The number of fused-ring (bicyclic) bond motifs is 1. The lowest BCUT2D eigenvalue weighted by atomic mass is 10.1. The number of hydrogen-bond acceptors (Lipinski definition) is 6. The minimum atomic E-state index is -3.27. The van der Waals surface area contributed by atoms with Crippen molar-refractivity contribution in [1.29, 1.82) is 0 Å². The van der Waals surface area contributed by atoms with E-state index >= 15 is 0 Å². The highest BCUT2D eigenvalue weighted by atomic mass is 32.2. The molecule has 1 N–H and O–H groups in total. The number of aromatic nitrogens is 2. The van der Waals surface area contributed by atoms with Gasteiger partial charge in [-0.1, -0.05) is 30.3 Å². The van der Waals surface area contributed by atoms with Gasteiger partial charge in [-0.15, -0.1) is 0 Å². The van der Waals surface area contributed by atoms with Crippen LogP contribution in [0.5, 0.6) is 0 Å². The highest BCUT2D eigenvalue weighted by Gasteiger charge is 2.16. The number of nitrogens with one attached hydrogen (secondary N) is 1. The van der Waals surface area contributed by atoms with E-state index in [4.69, 9.17) is 4.52 Å². The van der Waals surface area contributed by atoms with E-state index in [0.717, 1.165) is 5.39 Å². The summed E-state index contributed by atoms with van der Waals surface area (Å²) in [6.07, 6.45) is 1.66. The first-order valence-electron chi connectivity index (χ1n) is 8.93. The van der Waals surface area contributed by atoms with Gasteiger partial charge in [0.05, 0.1) is 21.9 Å². The summed E-state index contributed by atoms with van der Waals surface area (Å²) in [6.45, 7) is 1.59. The number of pyridine rings is 1. The topological polar surface area (TPSA) is 102 Å². The zero-order valence-corrected chi connectivity index (χ0v) is 16.3. The van der Waals surface area contributed by atoms with Crippen LogP contribution in [0.25, 0.3) is 22.2 Å². The van der Waals surface area contributed by atoms with Crippen LogP contribution in [-0.2, 0) is 9.84 Å². The van der Waals surface area contributed by atoms with Gasteiger partial charge >= 0.3 is 0 Å². The van der Waals surface area contributed by atoms with Crippen molar-refractivity contribution in [1.82, 2.24) is 10.1 Å². The molecule has 8 heteroatoms. The van der Waals surface area contributed by atoms with E-state index in [-0.39, 0.29) is 16.3 Å². The van der Waals surface area contributed by atoms with Crippen molar-refractivity contribution >= 4 is 32.3 Å². The molecule has 29 heavy (non-hydrogen) atoms. The Morgan fingerprint density at radius 3 is 2.59 bits per heavy atom. The van der Waals surface area contributed by atoms with E-state index < -0.39 is 15.7 Å². The summed E-state index contributed by atoms with van der Waals surface area (Å²) in [5, 5.41) is 7.54. The third-order valence-electron chi connectivity index (χ3n) is 4.50. The molecule has 0 unspecified atom stereocenters. The van der Waals surface area contributed by atoms with Gasteiger partial charge in [-0.25, -0.2) is 8.42 Å². The fraction of sp³-hybridized carbons (Fsp3) is 0.0952. The average Bonchev–Trinajstić information content (AvgIpc) is 3.25. The fourth-order valence-corrected chi connectivity index (χ4v) is 3.79. The monoisotopic (exact) mass is 407 g/mol. The minimum absolute atomic E-state index is 0.0298. The highest BCUT2D eigenvalue weighted by molar-refractivity contribution is 7.91. The number of benzene rings is 2. The molecule has 0 aliphatic rings. The van der Waals surface area contributed by atoms with E-state index in [1.54, 1.807) is 31.3 Å². The lowest BCUT2D eigenvalue weighted by Crippen LogP contribution is -2.12. The first kappa shape index (κ1) is 18.8. The number of carbonyl (C=O) groups excluding carboxylic acids is 1. The first-order valence-corrected chi connectivity index (χ1v) is 10.6. The second kappa shape index (κ2) is 7.48. The van der Waals surface area contributed by atoms with Crippen molar-refractivity contribution in [2.24, 2.45) is 0 Å². The summed E-state index contributed by atoms with van der Waals surface area (Å²) in [4.78, 5) is 17.1. The van der Waals surface area contributed by atoms with Gasteiger partial charge in [0.2, 0.25) is 0 Å². The molecule has 4 aromatic rings. The predicted octanol–water partition coefficient (Wildman–Crippen LogP) is 3.94. The van der Waals surface area contributed by atoms with Crippen LogP contribution < -0.4 is 5.32 Å². The molecule has 0 saturated carbocycles. The van der Waals surface area contributed by atoms with Gasteiger partial charge in [-0.05, 0) is 36.4 Å². The Balaban J connectivity index is 1.56. The van der Waals surface area contributed by atoms with E-state index in [2.05, 4.69) is 15.5 Å². The maximum absolute atomic E-state index is 12.6. The van der Waals surface area contributed by atoms with Crippen LogP contribution >= 0.6 is 0 Å².